The molecule has 2 N–H and O–H groups in total. The molecule has 3 amide bonds. The third kappa shape index (κ3) is 5.15. The highest BCUT2D eigenvalue weighted by Crippen LogP contribution is 2.33. The molecule has 2 aromatic carbocycles. The highest BCUT2D eigenvalue weighted by atomic mass is 32.2. The maximum absolute atomic E-state index is 13.3. The minimum atomic E-state index is -0.926. The molecule has 1 aliphatic rings. The lowest BCUT2D eigenvalue weighted by Crippen LogP contribution is -2.53. The number of anilines is 1. The van der Waals surface area contributed by atoms with Gasteiger partial charge in [-0.05, 0) is 36.8 Å². The largest absolute Gasteiger partial charge is 0.344 e. The smallest absolute Gasteiger partial charge is 0.250 e. The Morgan fingerprint density at radius 1 is 1.20 bits per heavy atom. The molecular formula is C21H21F2N3O3S. The number of thioether (sulfide) groups is 1. The van der Waals surface area contributed by atoms with E-state index in [1.807, 2.05) is 24.3 Å². The third-order valence-electron chi connectivity index (χ3n) is 4.64. The van der Waals surface area contributed by atoms with E-state index in [1.165, 1.54) is 23.6 Å². The Morgan fingerprint density at radius 2 is 1.87 bits per heavy atom. The maximum Gasteiger partial charge on any atom is 0.250 e. The van der Waals surface area contributed by atoms with E-state index in [0.29, 0.717) is 11.8 Å². The predicted molar refractivity (Wildman–Crippen MR) is 110 cm³/mol. The molecule has 158 valence electrons. The van der Waals surface area contributed by atoms with Crippen LogP contribution in [-0.4, -0.2) is 42.6 Å². The molecule has 0 fully saturated rings. The van der Waals surface area contributed by atoms with Crippen molar-refractivity contribution in [1.82, 2.24) is 10.6 Å². The summed E-state index contributed by atoms with van der Waals surface area (Å²) in [6.45, 7) is 1.48. The summed E-state index contributed by atoms with van der Waals surface area (Å²) in [7, 11) is 1.65. The molecule has 3 rings (SSSR count). The molecule has 0 unspecified atom stereocenters. The quantitative estimate of drug-likeness (QED) is 0.758. The molecule has 0 saturated carbocycles. The van der Waals surface area contributed by atoms with Crippen molar-refractivity contribution in [3.05, 3.63) is 59.7 Å². The zero-order chi connectivity index (χ0) is 21.8. The standard InChI is InChI=1S/C21H21F2N3O3S/c1-12(24-19(27)9-13-7-14(22)10-15(23)8-13)20(28)25-16-11-30-18-6-4-3-5-17(18)26(2)21(16)29/h3-8,10,12,16H,9,11H2,1-2H3,(H,24,27)(H,25,28)/t12-,16-/m0/s1. The summed E-state index contributed by atoms with van der Waals surface area (Å²) in [5.41, 5.74) is 0.931. The number of nitrogens with one attached hydrogen (secondary N) is 2. The molecule has 0 aromatic heterocycles. The molecule has 0 radical (unpaired) electrons. The van der Waals surface area contributed by atoms with Gasteiger partial charge in [0.2, 0.25) is 17.7 Å². The van der Waals surface area contributed by atoms with Crippen molar-refractivity contribution < 1.29 is 23.2 Å². The fraction of sp³-hybridized carbons (Fsp3) is 0.286. The lowest BCUT2D eigenvalue weighted by Gasteiger charge is -2.23. The Labute approximate surface area is 177 Å². The van der Waals surface area contributed by atoms with Gasteiger partial charge in [0, 0.05) is 23.8 Å². The number of rotatable bonds is 5. The Hall–Kier alpha value is -2.94. The number of carbonyl (C=O) groups is 3. The predicted octanol–water partition coefficient (Wildman–Crippen LogP) is 2.27. The molecule has 0 bridgehead atoms. The van der Waals surface area contributed by atoms with Crippen LogP contribution in [0.1, 0.15) is 12.5 Å². The van der Waals surface area contributed by atoms with Crippen molar-refractivity contribution in [3.63, 3.8) is 0 Å². The van der Waals surface area contributed by atoms with Crippen LogP contribution >= 0.6 is 11.8 Å². The molecule has 30 heavy (non-hydrogen) atoms. The average Bonchev–Trinajstić information content (AvgIpc) is 2.79. The summed E-state index contributed by atoms with van der Waals surface area (Å²) < 4.78 is 26.5. The van der Waals surface area contributed by atoms with Crippen LogP contribution in [0, 0.1) is 11.6 Å². The summed E-state index contributed by atoms with van der Waals surface area (Å²) in [6.07, 6.45) is -0.275. The Bertz CT molecular complexity index is 965. The molecule has 0 aliphatic carbocycles. The number of halogens is 2. The van der Waals surface area contributed by atoms with Crippen LogP contribution in [-0.2, 0) is 20.8 Å². The summed E-state index contributed by atoms with van der Waals surface area (Å²) in [4.78, 5) is 39.8. The summed E-state index contributed by atoms with van der Waals surface area (Å²) in [5.74, 6) is -2.54. The lowest BCUT2D eigenvalue weighted by molar-refractivity contribution is -0.130. The van der Waals surface area contributed by atoms with Crippen LogP contribution in [0.15, 0.2) is 47.4 Å². The van der Waals surface area contributed by atoms with Gasteiger partial charge in [0.1, 0.15) is 23.7 Å². The maximum atomic E-state index is 13.3. The van der Waals surface area contributed by atoms with Crippen molar-refractivity contribution in [2.24, 2.45) is 0 Å². The Balaban J connectivity index is 1.58. The number of hydrogen-bond donors (Lipinski definition) is 2. The first-order valence-electron chi connectivity index (χ1n) is 9.28. The van der Waals surface area contributed by atoms with Gasteiger partial charge in [-0.15, -0.1) is 11.8 Å². The second-order valence-corrected chi connectivity index (χ2v) is 8.04. The topological polar surface area (TPSA) is 78.5 Å². The van der Waals surface area contributed by atoms with Crippen LogP contribution in [0.25, 0.3) is 0 Å². The van der Waals surface area contributed by atoms with E-state index in [4.69, 9.17) is 0 Å². The fourth-order valence-electron chi connectivity index (χ4n) is 3.11. The first-order chi connectivity index (χ1) is 14.2. The van der Waals surface area contributed by atoms with Crippen molar-refractivity contribution in [2.45, 2.75) is 30.3 Å². The second kappa shape index (κ2) is 9.25. The number of nitrogens with zero attached hydrogens (tertiary/aromatic N) is 1. The SMILES string of the molecule is C[C@H](NC(=O)Cc1cc(F)cc(F)c1)C(=O)N[C@H]1CSc2ccccc2N(C)C1=O. The molecule has 1 aliphatic heterocycles. The summed E-state index contributed by atoms with van der Waals surface area (Å²) >= 11 is 1.46. The normalized spacial score (nSPS) is 17.0. The third-order valence-corrected chi connectivity index (χ3v) is 5.79. The van der Waals surface area contributed by atoms with Gasteiger partial charge < -0.3 is 15.5 Å². The van der Waals surface area contributed by atoms with Crippen molar-refractivity contribution in [3.8, 4) is 0 Å². The molecule has 1 heterocycles. The first-order valence-corrected chi connectivity index (χ1v) is 10.3. The van der Waals surface area contributed by atoms with E-state index in [9.17, 15) is 23.2 Å². The number of likely N-dealkylation sites (N-methyl/N-ethyl adjacent to an activating group) is 1. The zero-order valence-electron chi connectivity index (χ0n) is 16.4. The fourth-order valence-corrected chi connectivity index (χ4v) is 4.21. The molecule has 2 aromatic rings. The van der Waals surface area contributed by atoms with E-state index in [0.717, 1.165) is 22.7 Å². The van der Waals surface area contributed by atoms with Gasteiger partial charge in [0.05, 0.1) is 12.1 Å². The highest BCUT2D eigenvalue weighted by Gasteiger charge is 2.30. The van der Waals surface area contributed by atoms with Crippen LogP contribution in [0.4, 0.5) is 14.5 Å². The molecule has 6 nitrogen and oxygen atoms in total. The van der Waals surface area contributed by atoms with Gasteiger partial charge in [-0.25, -0.2) is 8.78 Å². The first kappa shape index (κ1) is 21.8. The van der Waals surface area contributed by atoms with Gasteiger partial charge in [-0.2, -0.15) is 0 Å². The summed E-state index contributed by atoms with van der Waals surface area (Å²) in [6, 6.07) is 8.62. The van der Waals surface area contributed by atoms with E-state index in [2.05, 4.69) is 10.6 Å². The monoisotopic (exact) mass is 433 g/mol. The van der Waals surface area contributed by atoms with Crippen LogP contribution in [0.3, 0.4) is 0 Å². The zero-order valence-corrected chi connectivity index (χ0v) is 17.3. The molecule has 2 atom stereocenters. The molecule has 0 saturated heterocycles. The molecule has 9 heteroatoms. The van der Waals surface area contributed by atoms with Gasteiger partial charge >= 0.3 is 0 Å². The van der Waals surface area contributed by atoms with E-state index >= 15 is 0 Å². The van der Waals surface area contributed by atoms with Crippen LogP contribution < -0.4 is 15.5 Å². The molecule has 0 spiro atoms. The van der Waals surface area contributed by atoms with Crippen molar-refractivity contribution >= 4 is 35.2 Å². The van der Waals surface area contributed by atoms with E-state index < -0.39 is 35.5 Å². The van der Waals surface area contributed by atoms with Crippen LogP contribution in [0.5, 0.6) is 0 Å². The minimum Gasteiger partial charge on any atom is -0.344 e. The average molecular weight is 433 g/mol. The number of fused-ring (bicyclic) bond motifs is 1. The second-order valence-electron chi connectivity index (χ2n) is 6.98. The number of carbonyl (C=O) groups excluding carboxylic acids is 3. The van der Waals surface area contributed by atoms with Gasteiger partial charge in [0.25, 0.3) is 0 Å². The number of para-hydroxylation sites is 1. The van der Waals surface area contributed by atoms with E-state index in [1.54, 1.807) is 7.05 Å². The Kier molecular flexibility index (Phi) is 6.71. The van der Waals surface area contributed by atoms with Gasteiger partial charge in [0.15, 0.2) is 0 Å². The van der Waals surface area contributed by atoms with Gasteiger partial charge in [-0.3, -0.25) is 14.4 Å². The number of amides is 3. The highest BCUT2D eigenvalue weighted by molar-refractivity contribution is 7.99. The molecular weight excluding hydrogens is 412 g/mol. The van der Waals surface area contributed by atoms with Crippen LogP contribution in [0.2, 0.25) is 0 Å². The number of benzene rings is 2. The lowest BCUT2D eigenvalue weighted by atomic mass is 10.1. The number of hydrogen-bond acceptors (Lipinski definition) is 4. The summed E-state index contributed by atoms with van der Waals surface area (Å²) in [5, 5.41) is 5.16. The van der Waals surface area contributed by atoms with Crippen molar-refractivity contribution in [1.29, 1.82) is 0 Å². The minimum absolute atomic E-state index is 0.160. The Morgan fingerprint density at radius 3 is 2.57 bits per heavy atom. The van der Waals surface area contributed by atoms with E-state index in [-0.39, 0.29) is 17.9 Å². The van der Waals surface area contributed by atoms with Crippen molar-refractivity contribution in [2.75, 3.05) is 17.7 Å². The van der Waals surface area contributed by atoms with Gasteiger partial charge in [-0.1, -0.05) is 12.1 Å².